The van der Waals surface area contributed by atoms with Gasteiger partial charge in [-0.05, 0) is 86.5 Å². The van der Waals surface area contributed by atoms with E-state index in [1.807, 2.05) is 0 Å². The molecule has 0 heterocycles. The SMILES string of the molecule is CCCCCCCCC1CCC(C2=CC=C(c3cc(F)c(CCCCC)c(F)c3)CC2)CC1. The monoisotopic (exact) mass is 456 g/mol. The van der Waals surface area contributed by atoms with E-state index in [0.29, 0.717) is 6.42 Å². The largest absolute Gasteiger partial charge is 0.207 e. The minimum absolute atomic E-state index is 0.262. The van der Waals surface area contributed by atoms with Crippen LogP contribution in [0.3, 0.4) is 0 Å². The summed E-state index contributed by atoms with van der Waals surface area (Å²) in [5, 5.41) is 0. The second kappa shape index (κ2) is 14.1. The highest BCUT2D eigenvalue weighted by Gasteiger charge is 2.25. The normalized spacial score (nSPS) is 21.1. The Morgan fingerprint density at radius 3 is 2.00 bits per heavy atom. The molecule has 0 bridgehead atoms. The summed E-state index contributed by atoms with van der Waals surface area (Å²) in [6.45, 7) is 4.39. The molecule has 0 aliphatic heterocycles. The first kappa shape index (κ1) is 26.2. The van der Waals surface area contributed by atoms with E-state index in [9.17, 15) is 8.78 Å². The summed E-state index contributed by atoms with van der Waals surface area (Å²) in [5.74, 6) is 0.906. The summed E-state index contributed by atoms with van der Waals surface area (Å²) in [7, 11) is 0. The Morgan fingerprint density at radius 2 is 1.36 bits per heavy atom. The molecule has 1 aromatic rings. The zero-order chi connectivity index (χ0) is 23.5. The Labute approximate surface area is 201 Å². The molecule has 2 aliphatic carbocycles. The lowest BCUT2D eigenvalue weighted by Gasteiger charge is -2.31. The number of benzene rings is 1. The molecular weight excluding hydrogens is 410 g/mol. The van der Waals surface area contributed by atoms with Gasteiger partial charge in [0.05, 0.1) is 0 Å². The summed E-state index contributed by atoms with van der Waals surface area (Å²) in [6, 6.07) is 3.12. The van der Waals surface area contributed by atoms with Gasteiger partial charge < -0.3 is 0 Å². The summed E-state index contributed by atoms with van der Waals surface area (Å²) in [5.41, 5.74) is 3.63. The Morgan fingerprint density at radius 1 is 0.727 bits per heavy atom. The minimum atomic E-state index is -0.375. The highest BCUT2D eigenvalue weighted by Crippen LogP contribution is 2.40. The van der Waals surface area contributed by atoms with E-state index < -0.39 is 0 Å². The molecule has 3 rings (SSSR count). The van der Waals surface area contributed by atoms with Crippen molar-refractivity contribution >= 4 is 5.57 Å². The fraction of sp³-hybridized carbons (Fsp3) is 0.677. The van der Waals surface area contributed by atoms with E-state index in [2.05, 4.69) is 26.0 Å². The summed E-state index contributed by atoms with van der Waals surface area (Å²) in [6.07, 6.45) is 25.0. The van der Waals surface area contributed by atoms with Crippen LogP contribution >= 0.6 is 0 Å². The van der Waals surface area contributed by atoms with Gasteiger partial charge >= 0.3 is 0 Å². The van der Waals surface area contributed by atoms with Gasteiger partial charge in [0.15, 0.2) is 0 Å². The van der Waals surface area contributed by atoms with Gasteiger partial charge in [-0.2, -0.15) is 0 Å². The van der Waals surface area contributed by atoms with Gasteiger partial charge in [0, 0.05) is 5.56 Å². The topological polar surface area (TPSA) is 0 Å². The lowest BCUT2D eigenvalue weighted by molar-refractivity contribution is 0.278. The van der Waals surface area contributed by atoms with Crippen LogP contribution in [0.1, 0.15) is 128 Å². The first-order chi connectivity index (χ1) is 16.1. The van der Waals surface area contributed by atoms with Crippen molar-refractivity contribution in [3.63, 3.8) is 0 Å². The molecule has 0 atom stereocenters. The van der Waals surface area contributed by atoms with Crippen molar-refractivity contribution < 1.29 is 8.78 Å². The zero-order valence-electron chi connectivity index (χ0n) is 21.2. The van der Waals surface area contributed by atoms with Crippen LogP contribution in [0.15, 0.2) is 29.9 Å². The third-order valence-corrected chi connectivity index (χ3v) is 8.06. The fourth-order valence-electron chi connectivity index (χ4n) is 5.85. The number of unbranched alkanes of at least 4 members (excludes halogenated alkanes) is 7. The van der Waals surface area contributed by atoms with Gasteiger partial charge in [-0.1, -0.05) is 89.4 Å². The highest BCUT2D eigenvalue weighted by atomic mass is 19.1. The first-order valence-electron chi connectivity index (χ1n) is 14.0. The molecule has 0 nitrogen and oxygen atoms in total. The molecular formula is C31H46F2. The van der Waals surface area contributed by atoms with E-state index in [-0.39, 0.29) is 17.2 Å². The molecule has 2 heteroatoms. The molecule has 0 amide bonds. The standard InChI is InChI=1S/C31H46F2/c1-3-5-7-8-9-11-12-24-14-16-25(17-15-24)26-18-20-27(21-19-26)28-22-30(32)29(31(33)23-28)13-10-6-4-2/h18,20,22-25H,3-17,19,21H2,1-2H3. The van der Waals surface area contributed by atoms with Gasteiger partial charge in [0.1, 0.15) is 11.6 Å². The van der Waals surface area contributed by atoms with Crippen molar-refractivity contribution in [2.75, 3.05) is 0 Å². The molecule has 1 fully saturated rings. The summed E-state index contributed by atoms with van der Waals surface area (Å²) < 4.78 is 29.2. The molecule has 184 valence electrons. The lowest BCUT2D eigenvalue weighted by Crippen LogP contribution is -2.17. The van der Waals surface area contributed by atoms with Crippen LogP contribution in [0.2, 0.25) is 0 Å². The van der Waals surface area contributed by atoms with E-state index in [1.54, 1.807) is 17.7 Å². The fourth-order valence-corrected chi connectivity index (χ4v) is 5.85. The van der Waals surface area contributed by atoms with Crippen LogP contribution in [0.25, 0.3) is 5.57 Å². The third kappa shape index (κ3) is 8.08. The molecule has 1 saturated carbocycles. The Balaban J connectivity index is 1.48. The molecule has 0 aromatic heterocycles. The van der Waals surface area contributed by atoms with Crippen molar-refractivity contribution in [2.24, 2.45) is 11.8 Å². The van der Waals surface area contributed by atoms with E-state index in [0.717, 1.165) is 55.1 Å². The Hall–Kier alpha value is -1.44. The van der Waals surface area contributed by atoms with Crippen molar-refractivity contribution in [1.82, 2.24) is 0 Å². The van der Waals surface area contributed by atoms with Crippen LogP contribution in [0.5, 0.6) is 0 Å². The Kier molecular flexibility index (Phi) is 11.2. The number of hydrogen-bond acceptors (Lipinski definition) is 0. The van der Waals surface area contributed by atoms with E-state index >= 15 is 0 Å². The number of hydrogen-bond donors (Lipinski definition) is 0. The first-order valence-corrected chi connectivity index (χ1v) is 14.0. The molecule has 0 unspecified atom stereocenters. The molecule has 0 spiro atoms. The van der Waals surface area contributed by atoms with E-state index in [4.69, 9.17) is 0 Å². The van der Waals surface area contributed by atoms with Gasteiger partial charge in [-0.25, -0.2) is 8.78 Å². The predicted molar refractivity (Wildman–Crippen MR) is 138 cm³/mol. The van der Waals surface area contributed by atoms with Crippen LogP contribution in [-0.4, -0.2) is 0 Å². The molecule has 0 N–H and O–H groups in total. The zero-order valence-corrected chi connectivity index (χ0v) is 21.2. The third-order valence-electron chi connectivity index (χ3n) is 8.06. The molecule has 2 aliphatic rings. The van der Waals surface area contributed by atoms with Gasteiger partial charge in [-0.15, -0.1) is 0 Å². The predicted octanol–water partition coefficient (Wildman–Crippen LogP) is 10.4. The molecule has 33 heavy (non-hydrogen) atoms. The number of rotatable bonds is 13. The van der Waals surface area contributed by atoms with E-state index in [1.165, 1.54) is 70.6 Å². The van der Waals surface area contributed by atoms with Gasteiger partial charge in [0.2, 0.25) is 0 Å². The second-order valence-electron chi connectivity index (χ2n) is 10.6. The average molecular weight is 457 g/mol. The van der Waals surface area contributed by atoms with Gasteiger partial charge in [-0.3, -0.25) is 0 Å². The van der Waals surface area contributed by atoms with Crippen LogP contribution in [0.4, 0.5) is 8.78 Å². The maximum atomic E-state index is 14.6. The maximum Gasteiger partial charge on any atom is 0.129 e. The smallest absolute Gasteiger partial charge is 0.129 e. The molecule has 0 radical (unpaired) electrons. The highest BCUT2D eigenvalue weighted by molar-refractivity contribution is 5.69. The van der Waals surface area contributed by atoms with Crippen molar-refractivity contribution in [3.05, 3.63) is 52.6 Å². The van der Waals surface area contributed by atoms with Crippen LogP contribution in [0, 0.1) is 23.5 Å². The van der Waals surface area contributed by atoms with Crippen molar-refractivity contribution in [1.29, 1.82) is 0 Å². The number of allylic oxidation sites excluding steroid dienone is 4. The minimum Gasteiger partial charge on any atom is -0.207 e. The average Bonchev–Trinajstić information content (AvgIpc) is 2.83. The number of halogens is 2. The quantitative estimate of drug-likeness (QED) is 0.259. The van der Waals surface area contributed by atoms with Gasteiger partial charge in [0.25, 0.3) is 0 Å². The maximum absolute atomic E-state index is 14.6. The van der Waals surface area contributed by atoms with Crippen molar-refractivity contribution in [3.8, 4) is 0 Å². The second-order valence-corrected chi connectivity index (χ2v) is 10.6. The van der Waals surface area contributed by atoms with Crippen LogP contribution < -0.4 is 0 Å². The summed E-state index contributed by atoms with van der Waals surface area (Å²) >= 11 is 0. The molecule has 1 aromatic carbocycles. The molecule has 0 saturated heterocycles. The Bertz CT molecular complexity index is 757. The van der Waals surface area contributed by atoms with Crippen molar-refractivity contribution in [2.45, 2.75) is 123 Å². The van der Waals surface area contributed by atoms with Crippen LogP contribution in [-0.2, 0) is 6.42 Å². The lowest BCUT2D eigenvalue weighted by atomic mass is 9.74. The summed E-state index contributed by atoms with van der Waals surface area (Å²) in [4.78, 5) is 0.